The van der Waals surface area contributed by atoms with Gasteiger partial charge in [0.2, 0.25) is 5.95 Å². The van der Waals surface area contributed by atoms with Crippen LogP contribution in [0.25, 0.3) is 0 Å². The van der Waals surface area contributed by atoms with Gasteiger partial charge in [0.25, 0.3) is 0 Å². The van der Waals surface area contributed by atoms with Crippen LogP contribution in [0.3, 0.4) is 0 Å². The zero-order chi connectivity index (χ0) is 13.3. The molecule has 0 radical (unpaired) electrons. The lowest BCUT2D eigenvalue weighted by molar-refractivity contribution is 0.147. The minimum atomic E-state index is 0.558. The Hall–Kier alpha value is -1.16. The molecule has 1 aliphatic rings. The van der Waals surface area contributed by atoms with Crippen LogP contribution < -0.4 is 4.90 Å². The standard InChI is InChI=1S/C14H24N4/c1-10(2)18-7-6-17(9-13(18)5)14-15-11(3)8-12(4)16-14/h8,10,13H,6-7,9H2,1-5H3. The Labute approximate surface area is 110 Å². The second-order valence-corrected chi connectivity index (χ2v) is 5.58. The maximum absolute atomic E-state index is 4.56. The van der Waals surface area contributed by atoms with E-state index in [0.717, 1.165) is 37.0 Å². The van der Waals surface area contributed by atoms with Crippen LogP contribution in [-0.2, 0) is 0 Å². The zero-order valence-electron chi connectivity index (χ0n) is 12.1. The number of anilines is 1. The van der Waals surface area contributed by atoms with Gasteiger partial charge in [0.05, 0.1) is 0 Å². The molecule has 1 fully saturated rings. The van der Waals surface area contributed by atoms with Crippen molar-refractivity contribution in [2.75, 3.05) is 24.5 Å². The third kappa shape index (κ3) is 2.80. The first-order valence-corrected chi connectivity index (χ1v) is 6.80. The molecular formula is C14H24N4. The van der Waals surface area contributed by atoms with Crippen LogP contribution >= 0.6 is 0 Å². The highest BCUT2D eigenvalue weighted by Crippen LogP contribution is 2.17. The van der Waals surface area contributed by atoms with Crippen molar-refractivity contribution in [1.82, 2.24) is 14.9 Å². The van der Waals surface area contributed by atoms with E-state index in [1.807, 2.05) is 19.9 Å². The van der Waals surface area contributed by atoms with Gasteiger partial charge in [-0.3, -0.25) is 4.90 Å². The maximum atomic E-state index is 4.56. The van der Waals surface area contributed by atoms with Crippen LogP contribution in [0, 0.1) is 13.8 Å². The minimum Gasteiger partial charge on any atom is -0.338 e. The summed E-state index contributed by atoms with van der Waals surface area (Å²) in [6, 6.07) is 3.20. The Bertz CT molecular complexity index is 396. The molecule has 0 saturated carbocycles. The number of aromatic nitrogens is 2. The van der Waals surface area contributed by atoms with Crippen molar-refractivity contribution in [2.24, 2.45) is 0 Å². The van der Waals surface area contributed by atoms with E-state index in [-0.39, 0.29) is 0 Å². The summed E-state index contributed by atoms with van der Waals surface area (Å²) < 4.78 is 0. The summed E-state index contributed by atoms with van der Waals surface area (Å²) in [5.41, 5.74) is 2.10. The van der Waals surface area contributed by atoms with Crippen LogP contribution in [0.4, 0.5) is 5.95 Å². The summed E-state index contributed by atoms with van der Waals surface area (Å²) in [7, 11) is 0. The van der Waals surface area contributed by atoms with Gasteiger partial charge >= 0.3 is 0 Å². The smallest absolute Gasteiger partial charge is 0.225 e. The molecule has 2 heterocycles. The Morgan fingerprint density at radius 2 is 1.78 bits per heavy atom. The Kier molecular flexibility index (Phi) is 3.85. The van der Waals surface area contributed by atoms with E-state index in [1.54, 1.807) is 0 Å². The first kappa shape index (κ1) is 13.3. The molecule has 0 aliphatic carbocycles. The summed E-state index contributed by atoms with van der Waals surface area (Å²) in [5.74, 6) is 0.891. The van der Waals surface area contributed by atoms with Crippen molar-refractivity contribution in [1.29, 1.82) is 0 Å². The largest absolute Gasteiger partial charge is 0.338 e. The van der Waals surface area contributed by atoms with Crippen molar-refractivity contribution in [3.63, 3.8) is 0 Å². The quantitative estimate of drug-likeness (QED) is 0.801. The molecule has 1 aliphatic heterocycles. The van der Waals surface area contributed by atoms with Gasteiger partial charge in [0.1, 0.15) is 0 Å². The van der Waals surface area contributed by atoms with E-state index < -0.39 is 0 Å². The zero-order valence-corrected chi connectivity index (χ0v) is 12.1. The minimum absolute atomic E-state index is 0.558. The fourth-order valence-electron chi connectivity index (χ4n) is 2.77. The molecule has 0 aromatic carbocycles. The van der Waals surface area contributed by atoms with E-state index in [0.29, 0.717) is 12.1 Å². The molecular weight excluding hydrogens is 224 g/mol. The number of hydrogen-bond donors (Lipinski definition) is 0. The lowest BCUT2D eigenvalue weighted by Crippen LogP contribution is -2.54. The van der Waals surface area contributed by atoms with Gasteiger partial charge in [-0.1, -0.05) is 0 Å². The molecule has 100 valence electrons. The second kappa shape index (κ2) is 5.22. The summed E-state index contributed by atoms with van der Waals surface area (Å²) in [4.78, 5) is 14.0. The molecule has 0 bridgehead atoms. The second-order valence-electron chi connectivity index (χ2n) is 5.58. The number of piperazine rings is 1. The molecule has 1 atom stereocenters. The van der Waals surface area contributed by atoms with Crippen LogP contribution in [-0.4, -0.2) is 46.6 Å². The van der Waals surface area contributed by atoms with Gasteiger partial charge in [-0.25, -0.2) is 9.97 Å². The first-order chi connectivity index (χ1) is 8.47. The van der Waals surface area contributed by atoms with Crippen molar-refractivity contribution >= 4 is 5.95 Å². The van der Waals surface area contributed by atoms with Gasteiger partial charge in [-0.2, -0.15) is 0 Å². The topological polar surface area (TPSA) is 32.3 Å². The number of aryl methyl sites for hydroxylation is 2. The number of rotatable bonds is 2. The Morgan fingerprint density at radius 1 is 1.17 bits per heavy atom. The molecule has 1 aromatic heterocycles. The molecule has 4 nitrogen and oxygen atoms in total. The lowest BCUT2D eigenvalue weighted by atomic mass is 10.1. The highest BCUT2D eigenvalue weighted by atomic mass is 15.3. The SMILES string of the molecule is Cc1cc(C)nc(N2CCN(C(C)C)C(C)C2)n1. The van der Waals surface area contributed by atoms with Gasteiger partial charge < -0.3 is 4.90 Å². The molecule has 0 N–H and O–H groups in total. The van der Waals surface area contributed by atoms with E-state index in [4.69, 9.17) is 0 Å². The number of nitrogens with zero attached hydrogens (tertiary/aromatic N) is 4. The molecule has 1 aromatic rings. The van der Waals surface area contributed by atoms with E-state index in [2.05, 4.69) is 40.5 Å². The predicted molar refractivity (Wildman–Crippen MR) is 75.0 cm³/mol. The highest BCUT2D eigenvalue weighted by Gasteiger charge is 2.26. The number of hydrogen-bond acceptors (Lipinski definition) is 4. The van der Waals surface area contributed by atoms with Gasteiger partial charge in [0.15, 0.2) is 0 Å². The predicted octanol–water partition coefficient (Wildman–Crippen LogP) is 2.01. The summed E-state index contributed by atoms with van der Waals surface area (Å²) in [5, 5.41) is 0. The lowest BCUT2D eigenvalue weighted by Gasteiger charge is -2.42. The van der Waals surface area contributed by atoms with Gasteiger partial charge in [-0.05, 0) is 40.7 Å². The van der Waals surface area contributed by atoms with E-state index in [9.17, 15) is 0 Å². The molecule has 18 heavy (non-hydrogen) atoms. The van der Waals surface area contributed by atoms with Crippen LogP contribution in [0.2, 0.25) is 0 Å². The van der Waals surface area contributed by atoms with E-state index >= 15 is 0 Å². The molecule has 1 saturated heterocycles. The van der Waals surface area contributed by atoms with Crippen molar-refractivity contribution in [3.8, 4) is 0 Å². The fraction of sp³-hybridized carbons (Fsp3) is 0.714. The third-order valence-electron chi connectivity index (χ3n) is 3.60. The van der Waals surface area contributed by atoms with Crippen molar-refractivity contribution in [2.45, 2.75) is 46.7 Å². The van der Waals surface area contributed by atoms with Crippen LogP contribution in [0.15, 0.2) is 6.07 Å². The molecule has 1 unspecified atom stereocenters. The normalized spacial score (nSPS) is 21.7. The Morgan fingerprint density at radius 3 is 2.28 bits per heavy atom. The van der Waals surface area contributed by atoms with Gasteiger partial charge in [0, 0.05) is 43.1 Å². The molecule has 0 spiro atoms. The highest BCUT2D eigenvalue weighted by molar-refractivity contribution is 5.33. The molecule has 0 amide bonds. The van der Waals surface area contributed by atoms with Crippen LogP contribution in [0.5, 0.6) is 0 Å². The van der Waals surface area contributed by atoms with Crippen LogP contribution in [0.1, 0.15) is 32.2 Å². The van der Waals surface area contributed by atoms with E-state index in [1.165, 1.54) is 0 Å². The average Bonchev–Trinajstić information content (AvgIpc) is 2.26. The summed E-state index contributed by atoms with van der Waals surface area (Å²) >= 11 is 0. The molecule has 4 heteroatoms. The fourth-order valence-corrected chi connectivity index (χ4v) is 2.77. The summed E-state index contributed by atoms with van der Waals surface area (Å²) in [6.45, 7) is 14.0. The Balaban J connectivity index is 2.12. The van der Waals surface area contributed by atoms with Crippen molar-refractivity contribution < 1.29 is 0 Å². The van der Waals surface area contributed by atoms with Crippen molar-refractivity contribution in [3.05, 3.63) is 17.5 Å². The summed E-state index contributed by atoms with van der Waals surface area (Å²) in [6.07, 6.45) is 0. The molecule has 2 rings (SSSR count). The maximum Gasteiger partial charge on any atom is 0.225 e. The van der Waals surface area contributed by atoms with Gasteiger partial charge in [-0.15, -0.1) is 0 Å². The average molecular weight is 248 g/mol. The first-order valence-electron chi connectivity index (χ1n) is 6.80. The monoisotopic (exact) mass is 248 g/mol. The third-order valence-corrected chi connectivity index (χ3v) is 3.60.